The molecule has 0 aromatic carbocycles. The van der Waals surface area contributed by atoms with Crippen LogP contribution in [0, 0.1) is 18.3 Å². The van der Waals surface area contributed by atoms with E-state index in [0.29, 0.717) is 26.3 Å². The van der Waals surface area contributed by atoms with Crippen LogP contribution in [0.1, 0.15) is 39.0 Å². The van der Waals surface area contributed by atoms with E-state index in [0.717, 1.165) is 38.6 Å². The zero-order valence-electron chi connectivity index (χ0n) is 12.9. The number of hydrogen-bond donors (Lipinski definition) is 1. The van der Waals surface area contributed by atoms with Crippen molar-refractivity contribution in [1.29, 1.82) is 0 Å². The van der Waals surface area contributed by atoms with Crippen LogP contribution >= 0.6 is 0 Å². The Hall–Kier alpha value is -1.25. The van der Waals surface area contributed by atoms with Gasteiger partial charge < -0.3 is 19.7 Å². The first-order valence-corrected chi connectivity index (χ1v) is 7.90. The van der Waals surface area contributed by atoms with E-state index in [1.54, 1.807) is 0 Å². The predicted molar refractivity (Wildman–Crippen MR) is 80.7 cm³/mol. The molecule has 21 heavy (non-hydrogen) atoms. The van der Waals surface area contributed by atoms with Crippen LogP contribution < -0.4 is 5.32 Å². The molecule has 0 aromatic heterocycles. The zero-order chi connectivity index (χ0) is 15.1. The number of rotatable bonds is 5. The Morgan fingerprint density at radius 1 is 1.43 bits per heavy atom. The summed E-state index contributed by atoms with van der Waals surface area (Å²) in [5.74, 6) is 2.34. The summed E-state index contributed by atoms with van der Waals surface area (Å²) in [7, 11) is 0. The van der Waals surface area contributed by atoms with Crippen LogP contribution in [0.3, 0.4) is 0 Å². The predicted octanol–water partition coefficient (Wildman–Crippen LogP) is 1.97. The Labute approximate surface area is 127 Å². The van der Waals surface area contributed by atoms with Crippen molar-refractivity contribution in [2.45, 2.75) is 44.8 Å². The molecule has 0 spiro atoms. The Kier molecular flexibility index (Phi) is 5.89. The van der Waals surface area contributed by atoms with Gasteiger partial charge in [-0.15, -0.1) is 12.3 Å². The molecule has 5 heteroatoms. The molecule has 0 aliphatic carbocycles. The van der Waals surface area contributed by atoms with E-state index in [1.165, 1.54) is 0 Å². The number of unbranched alkanes of at least 4 members (excludes halogenated alkanes) is 2. The van der Waals surface area contributed by atoms with E-state index in [-0.39, 0.29) is 11.9 Å². The smallest absolute Gasteiger partial charge is 0.317 e. The van der Waals surface area contributed by atoms with Crippen LogP contribution in [0.4, 0.5) is 4.79 Å². The van der Waals surface area contributed by atoms with Gasteiger partial charge in [-0.3, -0.25) is 0 Å². The molecule has 118 valence electrons. The molecule has 2 aliphatic heterocycles. The number of nitrogens with one attached hydrogen (secondary N) is 1. The summed E-state index contributed by atoms with van der Waals surface area (Å²) in [6.07, 6.45) is 9.90. The monoisotopic (exact) mass is 294 g/mol. The van der Waals surface area contributed by atoms with E-state index >= 15 is 0 Å². The Morgan fingerprint density at radius 3 is 2.90 bits per heavy atom. The lowest BCUT2D eigenvalue weighted by molar-refractivity contribution is -0.189. The summed E-state index contributed by atoms with van der Waals surface area (Å²) in [6, 6.07) is 0.0157. The molecular weight excluding hydrogens is 268 g/mol. The Morgan fingerprint density at radius 2 is 2.19 bits per heavy atom. The van der Waals surface area contributed by atoms with E-state index in [9.17, 15) is 4.79 Å². The quantitative estimate of drug-likeness (QED) is 0.623. The van der Waals surface area contributed by atoms with Crippen LogP contribution in [-0.4, -0.2) is 49.6 Å². The first kappa shape index (κ1) is 16.1. The van der Waals surface area contributed by atoms with Gasteiger partial charge in [0, 0.05) is 32.0 Å². The Balaban J connectivity index is 1.75. The number of terminal acetylenes is 1. The second-order valence-electron chi connectivity index (χ2n) is 5.89. The lowest BCUT2D eigenvalue weighted by Crippen LogP contribution is -2.51. The fourth-order valence-electron chi connectivity index (χ4n) is 3.01. The summed E-state index contributed by atoms with van der Waals surface area (Å²) in [5, 5.41) is 2.97. The SMILES string of the molecule is C#CCCCCNC(=O)N1CCC[C@H](C2(C)OCCO2)C1. The highest BCUT2D eigenvalue weighted by atomic mass is 16.7. The standard InChI is InChI=1S/C16H26N2O3/c1-3-4-5-6-9-17-15(19)18-10-7-8-14(13-18)16(2)20-11-12-21-16/h1,14H,4-13H2,2H3,(H,17,19)/t14-/m0/s1. The second kappa shape index (κ2) is 7.67. The molecule has 1 N–H and O–H groups in total. The number of piperidine rings is 1. The van der Waals surface area contributed by atoms with Crippen molar-refractivity contribution < 1.29 is 14.3 Å². The number of amides is 2. The highest BCUT2D eigenvalue weighted by molar-refractivity contribution is 5.74. The van der Waals surface area contributed by atoms with Gasteiger partial charge in [0.05, 0.1) is 13.2 Å². The summed E-state index contributed by atoms with van der Waals surface area (Å²) >= 11 is 0. The number of urea groups is 1. The van der Waals surface area contributed by atoms with Crippen molar-refractivity contribution in [3.63, 3.8) is 0 Å². The van der Waals surface area contributed by atoms with Gasteiger partial charge in [0.2, 0.25) is 0 Å². The molecule has 0 aromatic rings. The van der Waals surface area contributed by atoms with Gasteiger partial charge >= 0.3 is 6.03 Å². The molecule has 1 atom stereocenters. The van der Waals surface area contributed by atoms with Crippen LogP contribution in [0.15, 0.2) is 0 Å². The van der Waals surface area contributed by atoms with Gasteiger partial charge in [0.1, 0.15) is 0 Å². The molecule has 2 aliphatic rings. The minimum Gasteiger partial charge on any atom is -0.347 e. The first-order valence-electron chi connectivity index (χ1n) is 7.90. The number of nitrogens with zero attached hydrogens (tertiary/aromatic N) is 1. The normalized spacial score (nSPS) is 24.6. The molecule has 2 heterocycles. The number of hydrogen-bond acceptors (Lipinski definition) is 3. The number of carbonyl (C=O) groups excluding carboxylic acids is 1. The van der Waals surface area contributed by atoms with Crippen LogP contribution in [-0.2, 0) is 9.47 Å². The summed E-state index contributed by atoms with van der Waals surface area (Å²) < 4.78 is 11.5. The number of carbonyl (C=O) groups is 1. The van der Waals surface area contributed by atoms with Gasteiger partial charge in [-0.05, 0) is 32.6 Å². The number of likely N-dealkylation sites (tertiary alicyclic amines) is 1. The van der Waals surface area contributed by atoms with Crippen molar-refractivity contribution in [3.8, 4) is 12.3 Å². The zero-order valence-corrected chi connectivity index (χ0v) is 12.9. The van der Waals surface area contributed by atoms with Gasteiger partial charge in [-0.2, -0.15) is 0 Å². The molecule has 2 rings (SSSR count). The third-order valence-corrected chi connectivity index (χ3v) is 4.33. The van der Waals surface area contributed by atoms with Crippen LogP contribution in [0.25, 0.3) is 0 Å². The van der Waals surface area contributed by atoms with Crippen molar-refractivity contribution in [2.24, 2.45) is 5.92 Å². The lowest BCUT2D eigenvalue weighted by Gasteiger charge is -2.39. The summed E-state index contributed by atoms with van der Waals surface area (Å²) in [5.41, 5.74) is 0. The summed E-state index contributed by atoms with van der Waals surface area (Å²) in [4.78, 5) is 14.1. The van der Waals surface area contributed by atoms with Crippen LogP contribution in [0.2, 0.25) is 0 Å². The minimum absolute atomic E-state index is 0.0157. The third kappa shape index (κ3) is 4.36. The highest BCUT2D eigenvalue weighted by Gasteiger charge is 2.42. The fraction of sp³-hybridized carbons (Fsp3) is 0.812. The van der Waals surface area contributed by atoms with Gasteiger partial charge in [0.15, 0.2) is 5.79 Å². The average Bonchev–Trinajstić information content (AvgIpc) is 2.95. The average molecular weight is 294 g/mol. The van der Waals surface area contributed by atoms with E-state index in [4.69, 9.17) is 15.9 Å². The first-order chi connectivity index (χ1) is 10.2. The van der Waals surface area contributed by atoms with Gasteiger partial charge in [0.25, 0.3) is 0 Å². The fourth-order valence-corrected chi connectivity index (χ4v) is 3.01. The second-order valence-corrected chi connectivity index (χ2v) is 5.89. The molecule has 5 nitrogen and oxygen atoms in total. The van der Waals surface area contributed by atoms with Gasteiger partial charge in [-0.25, -0.2) is 4.79 Å². The Bertz CT molecular complexity index is 385. The summed E-state index contributed by atoms with van der Waals surface area (Å²) in [6.45, 7) is 5.48. The molecule has 0 radical (unpaired) electrons. The third-order valence-electron chi connectivity index (χ3n) is 4.33. The maximum Gasteiger partial charge on any atom is 0.317 e. The minimum atomic E-state index is -0.522. The van der Waals surface area contributed by atoms with E-state index < -0.39 is 5.79 Å². The van der Waals surface area contributed by atoms with Crippen molar-refractivity contribution in [1.82, 2.24) is 10.2 Å². The van der Waals surface area contributed by atoms with Gasteiger partial charge in [-0.1, -0.05) is 0 Å². The maximum absolute atomic E-state index is 12.2. The molecule has 2 amide bonds. The maximum atomic E-state index is 12.2. The molecule has 0 saturated carbocycles. The van der Waals surface area contributed by atoms with E-state index in [1.807, 2.05) is 11.8 Å². The van der Waals surface area contributed by atoms with Crippen molar-refractivity contribution in [3.05, 3.63) is 0 Å². The largest absolute Gasteiger partial charge is 0.347 e. The van der Waals surface area contributed by atoms with E-state index in [2.05, 4.69) is 11.2 Å². The topological polar surface area (TPSA) is 50.8 Å². The molecule has 2 saturated heterocycles. The number of ether oxygens (including phenoxy) is 2. The molecular formula is C16H26N2O3. The highest BCUT2D eigenvalue weighted by Crippen LogP contribution is 2.33. The molecule has 0 bridgehead atoms. The van der Waals surface area contributed by atoms with Crippen LogP contribution in [0.5, 0.6) is 0 Å². The molecule has 0 unspecified atom stereocenters. The van der Waals surface area contributed by atoms with Crippen molar-refractivity contribution in [2.75, 3.05) is 32.8 Å². The lowest BCUT2D eigenvalue weighted by atomic mass is 9.90. The van der Waals surface area contributed by atoms with Crippen molar-refractivity contribution >= 4 is 6.03 Å². The molecule has 2 fully saturated rings.